The zero-order valence-corrected chi connectivity index (χ0v) is 24.9. The molecule has 1 aliphatic heterocycles. The number of hydrogen-bond acceptors (Lipinski definition) is 9. The van der Waals surface area contributed by atoms with Crippen LogP contribution in [0.4, 0.5) is 5.69 Å². The minimum atomic E-state index is -0.766. The molecule has 43 heavy (non-hydrogen) atoms. The fourth-order valence-corrected chi connectivity index (χ4v) is 6.02. The highest BCUT2D eigenvalue weighted by Crippen LogP contribution is 2.44. The molecule has 1 atom stereocenters. The topological polar surface area (TPSA) is 111 Å². The lowest BCUT2D eigenvalue weighted by Gasteiger charge is -2.18. The van der Waals surface area contributed by atoms with Gasteiger partial charge in [0.15, 0.2) is 11.5 Å². The molecule has 1 aromatic heterocycles. The molecule has 0 bridgehead atoms. The molecule has 218 valence electrons. The van der Waals surface area contributed by atoms with Gasteiger partial charge < -0.3 is 18.9 Å². The third-order valence-corrected chi connectivity index (χ3v) is 8.08. The lowest BCUT2D eigenvalue weighted by molar-refractivity contribution is -0.121. The third-order valence-electron chi connectivity index (χ3n) is 6.91. The van der Waals surface area contributed by atoms with E-state index in [0.717, 1.165) is 17.3 Å². The molecule has 0 radical (unpaired) electrons. The van der Waals surface area contributed by atoms with Gasteiger partial charge in [-0.1, -0.05) is 42.1 Å². The van der Waals surface area contributed by atoms with Crippen LogP contribution < -0.4 is 23.8 Å². The Bertz CT molecular complexity index is 1680. The van der Waals surface area contributed by atoms with Crippen LogP contribution in [-0.4, -0.2) is 50.0 Å². The molecule has 1 aliphatic rings. The van der Waals surface area contributed by atoms with Gasteiger partial charge in [0.25, 0.3) is 0 Å². The van der Waals surface area contributed by atoms with Crippen molar-refractivity contribution < 1.29 is 28.5 Å². The Balaban J connectivity index is 1.59. The minimum Gasteiger partial charge on any atom is -0.494 e. The number of methoxy groups -OCH3 is 3. The molecular weight excluding hydrogens is 566 g/mol. The molecule has 9 nitrogen and oxygen atoms in total. The molecule has 1 saturated heterocycles. The van der Waals surface area contributed by atoms with Crippen LogP contribution >= 0.6 is 11.8 Å². The van der Waals surface area contributed by atoms with E-state index in [1.54, 1.807) is 36.4 Å². The Morgan fingerprint density at radius 3 is 2.19 bits per heavy atom. The second-order valence-corrected chi connectivity index (χ2v) is 10.6. The van der Waals surface area contributed by atoms with Crippen LogP contribution in [0.3, 0.4) is 0 Å². The van der Waals surface area contributed by atoms with Gasteiger partial charge in [-0.3, -0.25) is 9.59 Å². The van der Waals surface area contributed by atoms with Crippen LogP contribution in [0.5, 0.6) is 23.0 Å². The highest BCUT2D eigenvalue weighted by Gasteiger charge is 2.41. The highest BCUT2D eigenvalue weighted by molar-refractivity contribution is 8.00. The third kappa shape index (κ3) is 5.85. The molecule has 3 aromatic carbocycles. The first-order chi connectivity index (χ1) is 20.9. The van der Waals surface area contributed by atoms with Crippen molar-refractivity contribution in [3.05, 3.63) is 78.4 Å². The summed E-state index contributed by atoms with van der Waals surface area (Å²) in [6.45, 7) is 2.39. The van der Waals surface area contributed by atoms with Gasteiger partial charge in [-0.05, 0) is 55.0 Å². The average Bonchev–Trinajstić information content (AvgIpc) is 3.32. The summed E-state index contributed by atoms with van der Waals surface area (Å²) in [4.78, 5) is 32.6. The van der Waals surface area contributed by atoms with Crippen LogP contribution in [0.2, 0.25) is 0 Å². The van der Waals surface area contributed by atoms with E-state index in [2.05, 4.69) is 6.07 Å². The highest BCUT2D eigenvalue weighted by atomic mass is 32.2. The van der Waals surface area contributed by atoms with E-state index in [9.17, 15) is 14.9 Å². The first-order valence-corrected chi connectivity index (χ1v) is 14.4. The van der Waals surface area contributed by atoms with Gasteiger partial charge in [0.05, 0.1) is 50.1 Å². The first kappa shape index (κ1) is 29.5. The van der Waals surface area contributed by atoms with Crippen molar-refractivity contribution in [1.29, 1.82) is 5.26 Å². The Morgan fingerprint density at radius 1 is 0.930 bits per heavy atom. The fourth-order valence-electron chi connectivity index (χ4n) is 4.90. The van der Waals surface area contributed by atoms with Crippen molar-refractivity contribution in [2.24, 2.45) is 0 Å². The van der Waals surface area contributed by atoms with E-state index in [0.29, 0.717) is 57.1 Å². The second-order valence-electron chi connectivity index (χ2n) is 9.43. The van der Waals surface area contributed by atoms with Crippen molar-refractivity contribution in [2.75, 3.05) is 32.8 Å². The maximum absolute atomic E-state index is 13.6. The Hall–Kier alpha value is -5.01. The summed E-state index contributed by atoms with van der Waals surface area (Å²) in [5.41, 5.74) is 3.36. The van der Waals surface area contributed by atoms with E-state index in [1.807, 2.05) is 43.3 Å². The van der Waals surface area contributed by atoms with Crippen molar-refractivity contribution in [2.45, 2.75) is 23.6 Å². The molecule has 5 rings (SSSR count). The number of ether oxygens (including phenoxy) is 4. The normalized spacial score (nSPS) is 14.4. The number of nitriles is 1. The molecule has 1 fully saturated rings. The lowest BCUT2D eigenvalue weighted by Crippen LogP contribution is -2.31. The summed E-state index contributed by atoms with van der Waals surface area (Å²) in [7, 11) is 4.56. The van der Waals surface area contributed by atoms with E-state index in [4.69, 9.17) is 23.9 Å². The van der Waals surface area contributed by atoms with E-state index in [-0.39, 0.29) is 23.8 Å². The Labute approximate surface area is 254 Å². The molecule has 0 aliphatic carbocycles. The zero-order chi connectivity index (χ0) is 30.5. The quantitative estimate of drug-likeness (QED) is 0.200. The van der Waals surface area contributed by atoms with Gasteiger partial charge in [0.2, 0.25) is 17.6 Å². The zero-order valence-electron chi connectivity index (χ0n) is 24.1. The molecule has 0 spiro atoms. The van der Waals surface area contributed by atoms with Gasteiger partial charge >= 0.3 is 0 Å². The van der Waals surface area contributed by atoms with Crippen LogP contribution in [-0.2, 0) is 9.59 Å². The number of thioether (sulfide) groups is 1. The van der Waals surface area contributed by atoms with Gasteiger partial charge in [0, 0.05) is 17.5 Å². The summed E-state index contributed by atoms with van der Waals surface area (Å²) in [5, 5.41) is 9.98. The maximum atomic E-state index is 13.6. The smallest absolute Gasteiger partial charge is 0.247 e. The fraction of sp³-hybridized carbons (Fsp3) is 0.212. The number of anilines is 1. The molecule has 0 N–H and O–H groups in total. The van der Waals surface area contributed by atoms with E-state index >= 15 is 0 Å². The maximum Gasteiger partial charge on any atom is 0.247 e. The summed E-state index contributed by atoms with van der Waals surface area (Å²) in [5.74, 6) is 1.23. The predicted octanol–water partition coefficient (Wildman–Crippen LogP) is 6.14. The standard InChI is InChI=1S/C33H29N3O6S/c1-5-42-23-13-11-22(12-14-23)36-30(37)18-29(33(36)38)43-32-25(19-34)24(17-26(35-32)20-9-7-6-8-10-20)21-15-27(39-2)31(41-4)28(16-21)40-3/h6-17,29H,5,18H2,1-4H3/t29-/m1/s1. The SMILES string of the molecule is CCOc1ccc(N2C(=O)C[C@@H](Sc3nc(-c4ccccc4)cc(-c4cc(OC)c(OC)c(OC)c4)c3C#N)C2=O)cc1. The van der Waals surface area contributed by atoms with Crippen LogP contribution in [0.1, 0.15) is 18.9 Å². The monoisotopic (exact) mass is 595 g/mol. The number of amides is 2. The Kier molecular flexibility index (Phi) is 8.83. The van der Waals surface area contributed by atoms with Crippen LogP contribution in [0.25, 0.3) is 22.4 Å². The molecule has 10 heteroatoms. The lowest BCUT2D eigenvalue weighted by atomic mass is 9.98. The number of pyridine rings is 1. The van der Waals surface area contributed by atoms with Gasteiger partial charge in [-0.25, -0.2) is 9.88 Å². The number of imide groups is 1. The van der Waals surface area contributed by atoms with Crippen molar-refractivity contribution in [1.82, 2.24) is 4.98 Å². The molecule has 0 unspecified atom stereocenters. The van der Waals surface area contributed by atoms with Gasteiger partial charge in [-0.2, -0.15) is 5.26 Å². The minimum absolute atomic E-state index is 0.0294. The van der Waals surface area contributed by atoms with Crippen LogP contribution in [0.15, 0.2) is 77.8 Å². The van der Waals surface area contributed by atoms with E-state index in [1.165, 1.54) is 26.2 Å². The predicted molar refractivity (Wildman–Crippen MR) is 164 cm³/mol. The molecular formula is C33H29N3O6S. The number of carbonyl (C=O) groups excluding carboxylic acids is 2. The van der Waals surface area contributed by atoms with Crippen molar-refractivity contribution in [3.8, 4) is 51.5 Å². The average molecular weight is 596 g/mol. The van der Waals surface area contributed by atoms with E-state index < -0.39 is 5.25 Å². The van der Waals surface area contributed by atoms with Gasteiger partial charge in [0.1, 0.15) is 16.8 Å². The van der Waals surface area contributed by atoms with Crippen LogP contribution in [0, 0.1) is 11.3 Å². The van der Waals surface area contributed by atoms with Gasteiger partial charge in [-0.15, -0.1) is 0 Å². The number of hydrogen-bond donors (Lipinski definition) is 0. The summed E-state index contributed by atoms with van der Waals surface area (Å²) in [6.07, 6.45) is -0.0294. The molecule has 0 saturated carbocycles. The largest absolute Gasteiger partial charge is 0.494 e. The summed E-state index contributed by atoms with van der Waals surface area (Å²) >= 11 is 1.11. The number of nitrogens with zero attached hydrogens (tertiary/aromatic N) is 3. The molecule has 4 aromatic rings. The summed E-state index contributed by atoms with van der Waals surface area (Å²) in [6, 6.07) is 24.0. The van der Waals surface area contributed by atoms with Crippen molar-refractivity contribution >= 4 is 29.3 Å². The Morgan fingerprint density at radius 2 is 1.60 bits per heavy atom. The molecule has 2 heterocycles. The first-order valence-electron chi connectivity index (χ1n) is 13.5. The number of carbonyl (C=O) groups is 2. The second kappa shape index (κ2) is 12.9. The number of aromatic nitrogens is 1. The van der Waals surface area contributed by atoms with Crippen molar-refractivity contribution in [3.63, 3.8) is 0 Å². The summed E-state index contributed by atoms with van der Waals surface area (Å²) < 4.78 is 22.1. The number of benzene rings is 3. The number of rotatable bonds is 10. The molecule has 2 amide bonds.